The molecule has 0 saturated carbocycles. The van der Waals surface area contributed by atoms with E-state index in [1.807, 2.05) is 45.0 Å². The van der Waals surface area contributed by atoms with Crippen LogP contribution in [0.2, 0.25) is 5.02 Å². The van der Waals surface area contributed by atoms with Gasteiger partial charge in [-0.05, 0) is 61.7 Å². The molecule has 2 aromatic rings. The summed E-state index contributed by atoms with van der Waals surface area (Å²) in [5, 5.41) is 6.19. The maximum Gasteiger partial charge on any atom is 0.258 e. The van der Waals surface area contributed by atoms with E-state index in [1.54, 1.807) is 12.1 Å². The summed E-state index contributed by atoms with van der Waals surface area (Å²) in [6.07, 6.45) is 0.277. The fourth-order valence-corrected chi connectivity index (χ4v) is 2.82. The number of halogens is 1. The van der Waals surface area contributed by atoms with E-state index in [0.717, 1.165) is 22.4 Å². The average molecular weight is 419 g/mol. The number of benzene rings is 2. The number of carbonyl (C=O) groups is 2. The lowest BCUT2D eigenvalue weighted by molar-refractivity contribution is -0.124. The molecule has 0 aromatic heterocycles. The number of aryl methyl sites for hydroxylation is 2. The normalized spacial score (nSPS) is 10.3. The third kappa shape index (κ3) is 7.66. The van der Waals surface area contributed by atoms with Crippen LogP contribution in [0.5, 0.6) is 11.5 Å². The van der Waals surface area contributed by atoms with Gasteiger partial charge in [-0.1, -0.05) is 23.7 Å². The van der Waals surface area contributed by atoms with E-state index >= 15 is 0 Å². The van der Waals surface area contributed by atoms with Gasteiger partial charge in [-0.15, -0.1) is 0 Å². The van der Waals surface area contributed by atoms with Crippen LogP contribution in [0.1, 0.15) is 23.6 Å². The second-order valence-electron chi connectivity index (χ2n) is 6.61. The Labute approximate surface area is 176 Å². The van der Waals surface area contributed by atoms with Crippen molar-refractivity contribution in [2.45, 2.75) is 27.2 Å². The molecule has 0 saturated heterocycles. The number of hydrogen-bond donors (Lipinski definition) is 2. The zero-order valence-corrected chi connectivity index (χ0v) is 17.8. The molecule has 6 nitrogen and oxygen atoms in total. The zero-order chi connectivity index (χ0) is 21.2. The first-order valence-corrected chi connectivity index (χ1v) is 9.91. The summed E-state index contributed by atoms with van der Waals surface area (Å²) >= 11 is 6.12. The summed E-state index contributed by atoms with van der Waals surface area (Å²) in [6, 6.07) is 11.0. The van der Waals surface area contributed by atoms with Crippen molar-refractivity contribution in [3.8, 4) is 11.5 Å². The Kier molecular flexibility index (Phi) is 8.80. The SMILES string of the molecule is CCOc1ccc(CC(=O)NCCNC(=O)COc2cc(C)c(Cl)c(C)c2)cc1. The molecular weight excluding hydrogens is 392 g/mol. The zero-order valence-electron chi connectivity index (χ0n) is 17.0. The van der Waals surface area contributed by atoms with Crippen molar-refractivity contribution >= 4 is 23.4 Å². The van der Waals surface area contributed by atoms with Gasteiger partial charge in [-0.2, -0.15) is 0 Å². The van der Waals surface area contributed by atoms with Crippen LogP contribution < -0.4 is 20.1 Å². The maximum atomic E-state index is 12.0. The summed E-state index contributed by atoms with van der Waals surface area (Å²) in [5.41, 5.74) is 2.70. The molecule has 0 bridgehead atoms. The minimum atomic E-state index is -0.254. The third-order valence-electron chi connectivity index (χ3n) is 4.15. The largest absolute Gasteiger partial charge is 0.494 e. The number of hydrogen-bond acceptors (Lipinski definition) is 4. The standard InChI is InChI=1S/C22H27ClN2O4/c1-4-28-18-7-5-17(6-8-18)13-20(26)24-9-10-25-21(27)14-29-19-11-15(2)22(23)16(3)12-19/h5-8,11-12H,4,9-10,13-14H2,1-3H3,(H,24,26)(H,25,27). The first-order chi connectivity index (χ1) is 13.9. The van der Waals surface area contributed by atoms with E-state index in [0.29, 0.717) is 30.5 Å². The highest BCUT2D eigenvalue weighted by Crippen LogP contribution is 2.25. The van der Waals surface area contributed by atoms with Gasteiger partial charge in [-0.25, -0.2) is 0 Å². The number of carbonyl (C=O) groups excluding carboxylic acids is 2. The first-order valence-electron chi connectivity index (χ1n) is 9.53. The highest BCUT2D eigenvalue weighted by Gasteiger charge is 2.07. The summed E-state index contributed by atoms with van der Waals surface area (Å²) in [6.45, 7) is 6.88. The van der Waals surface area contributed by atoms with Crippen LogP contribution in [0.15, 0.2) is 36.4 Å². The molecule has 0 spiro atoms. The van der Waals surface area contributed by atoms with Crippen molar-refractivity contribution in [2.75, 3.05) is 26.3 Å². The van der Waals surface area contributed by atoms with Gasteiger partial charge in [0.25, 0.3) is 5.91 Å². The number of amides is 2. The lowest BCUT2D eigenvalue weighted by Crippen LogP contribution is -2.37. The lowest BCUT2D eigenvalue weighted by Gasteiger charge is -2.11. The Morgan fingerprint density at radius 2 is 1.48 bits per heavy atom. The summed E-state index contributed by atoms with van der Waals surface area (Å²) in [4.78, 5) is 23.9. The molecule has 2 amide bonds. The predicted molar refractivity (Wildman–Crippen MR) is 114 cm³/mol. The van der Waals surface area contributed by atoms with Crippen LogP contribution in [-0.2, 0) is 16.0 Å². The molecular formula is C22H27ClN2O4. The summed E-state index contributed by atoms with van der Waals surface area (Å²) in [5.74, 6) is 1.02. The van der Waals surface area contributed by atoms with Crippen molar-refractivity contribution < 1.29 is 19.1 Å². The number of ether oxygens (including phenoxy) is 2. The summed E-state index contributed by atoms with van der Waals surface area (Å²) < 4.78 is 10.9. The quantitative estimate of drug-likeness (QED) is 0.581. The molecule has 0 heterocycles. The van der Waals surface area contributed by atoms with Gasteiger partial charge in [0.15, 0.2) is 6.61 Å². The second-order valence-corrected chi connectivity index (χ2v) is 6.99. The number of nitrogens with one attached hydrogen (secondary N) is 2. The molecule has 0 aliphatic heterocycles. The summed E-state index contributed by atoms with van der Waals surface area (Å²) in [7, 11) is 0. The highest BCUT2D eigenvalue weighted by molar-refractivity contribution is 6.32. The predicted octanol–water partition coefficient (Wildman–Crippen LogP) is 3.21. The molecule has 0 fully saturated rings. The van der Waals surface area contributed by atoms with Crippen molar-refractivity contribution in [2.24, 2.45) is 0 Å². The topological polar surface area (TPSA) is 76.7 Å². The van der Waals surface area contributed by atoms with Crippen LogP contribution in [0.25, 0.3) is 0 Å². The van der Waals surface area contributed by atoms with Crippen LogP contribution in [-0.4, -0.2) is 38.1 Å². The molecule has 7 heteroatoms. The van der Waals surface area contributed by atoms with Gasteiger partial charge < -0.3 is 20.1 Å². The molecule has 156 valence electrons. The number of rotatable bonds is 10. The Bertz CT molecular complexity index is 814. The lowest BCUT2D eigenvalue weighted by atomic mass is 10.1. The van der Waals surface area contributed by atoms with E-state index < -0.39 is 0 Å². The highest BCUT2D eigenvalue weighted by atomic mass is 35.5. The fraction of sp³-hybridized carbons (Fsp3) is 0.364. The second kappa shape index (κ2) is 11.3. The molecule has 0 aliphatic carbocycles. The monoisotopic (exact) mass is 418 g/mol. The molecule has 0 aliphatic rings. The first kappa shape index (κ1) is 22.6. The van der Waals surface area contributed by atoms with Crippen molar-refractivity contribution in [3.05, 3.63) is 58.1 Å². The van der Waals surface area contributed by atoms with Crippen molar-refractivity contribution in [1.29, 1.82) is 0 Å². The maximum absolute atomic E-state index is 12.0. The van der Waals surface area contributed by atoms with E-state index in [1.165, 1.54) is 0 Å². The Morgan fingerprint density at radius 1 is 0.897 bits per heavy atom. The fourth-order valence-electron chi connectivity index (χ4n) is 2.71. The molecule has 0 atom stereocenters. The molecule has 2 N–H and O–H groups in total. The van der Waals surface area contributed by atoms with Gasteiger partial charge in [0, 0.05) is 18.1 Å². The van der Waals surface area contributed by atoms with Crippen molar-refractivity contribution in [1.82, 2.24) is 10.6 Å². The van der Waals surface area contributed by atoms with Crippen LogP contribution >= 0.6 is 11.6 Å². The molecule has 2 aromatic carbocycles. The Balaban J connectivity index is 1.64. The van der Waals surface area contributed by atoms with Gasteiger partial charge in [-0.3, -0.25) is 9.59 Å². The third-order valence-corrected chi connectivity index (χ3v) is 4.74. The van der Waals surface area contributed by atoms with E-state index in [9.17, 15) is 9.59 Å². The molecule has 29 heavy (non-hydrogen) atoms. The van der Waals surface area contributed by atoms with E-state index in [-0.39, 0.29) is 24.8 Å². The molecule has 0 unspecified atom stereocenters. The molecule has 2 rings (SSSR count). The Hall–Kier alpha value is -2.73. The molecule has 0 radical (unpaired) electrons. The van der Waals surface area contributed by atoms with Crippen molar-refractivity contribution in [3.63, 3.8) is 0 Å². The minimum Gasteiger partial charge on any atom is -0.494 e. The van der Waals surface area contributed by atoms with Gasteiger partial charge in [0.1, 0.15) is 11.5 Å². The van der Waals surface area contributed by atoms with Gasteiger partial charge in [0.2, 0.25) is 5.91 Å². The van der Waals surface area contributed by atoms with Crippen LogP contribution in [0.3, 0.4) is 0 Å². The van der Waals surface area contributed by atoms with E-state index in [4.69, 9.17) is 21.1 Å². The van der Waals surface area contributed by atoms with Crippen LogP contribution in [0, 0.1) is 13.8 Å². The van der Waals surface area contributed by atoms with E-state index in [2.05, 4.69) is 10.6 Å². The van der Waals surface area contributed by atoms with Gasteiger partial charge in [0.05, 0.1) is 13.0 Å². The minimum absolute atomic E-state index is 0.0966. The van der Waals surface area contributed by atoms with Crippen LogP contribution in [0.4, 0.5) is 0 Å². The average Bonchev–Trinajstić information content (AvgIpc) is 2.69. The van der Waals surface area contributed by atoms with Gasteiger partial charge >= 0.3 is 0 Å². The smallest absolute Gasteiger partial charge is 0.258 e. The Morgan fingerprint density at radius 3 is 2.07 bits per heavy atom.